The second kappa shape index (κ2) is 8.93. The van der Waals surface area contributed by atoms with Crippen LogP contribution in [0.25, 0.3) is 0 Å². The first-order valence-electron chi connectivity index (χ1n) is 9.10. The molecule has 0 bridgehead atoms. The number of aryl methyl sites for hydroxylation is 1. The van der Waals surface area contributed by atoms with Crippen molar-refractivity contribution in [2.45, 2.75) is 39.8 Å². The van der Waals surface area contributed by atoms with E-state index in [4.69, 9.17) is 0 Å². The average molecular weight is 378 g/mol. The molecule has 0 saturated heterocycles. The Hall–Kier alpha value is -2.50. The summed E-state index contributed by atoms with van der Waals surface area (Å²) in [6.45, 7) is 7.33. The molecular formula is C21H25F3N2O. The molecule has 0 radical (unpaired) electrons. The minimum atomic E-state index is -4.47. The maximum atomic E-state index is 13.2. The van der Waals surface area contributed by atoms with E-state index < -0.39 is 17.6 Å². The number of carbonyl (C=O) groups excluding carboxylic acids is 1. The molecule has 2 rings (SSSR count). The zero-order valence-corrected chi connectivity index (χ0v) is 15.9. The largest absolute Gasteiger partial charge is 0.416 e. The summed E-state index contributed by atoms with van der Waals surface area (Å²) in [4.78, 5) is 14.6. The van der Waals surface area contributed by atoms with E-state index in [2.05, 4.69) is 5.32 Å². The molecule has 146 valence electrons. The lowest BCUT2D eigenvalue weighted by Crippen LogP contribution is -2.27. The van der Waals surface area contributed by atoms with Crippen molar-refractivity contribution in [2.75, 3.05) is 23.3 Å². The predicted molar refractivity (Wildman–Crippen MR) is 103 cm³/mol. The number of carbonyl (C=O) groups is 1. The molecule has 0 saturated carbocycles. The van der Waals surface area contributed by atoms with Gasteiger partial charge in [-0.25, -0.2) is 0 Å². The predicted octanol–water partition coefficient (Wildman–Crippen LogP) is 5.89. The lowest BCUT2D eigenvalue weighted by atomic mass is 10.1. The van der Waals surface area contributed by atoms with E-state index in [0.29, 0.717) is 24.3 Å². The van der Waals surface area contributed by atoms with Crippen LogP contribution in [-0.4, -0.2) is 19.0 Å². The summed E-state index contributed by atoms with van der Waals surface area (Å²) in [7, 11) is 0. The number of hydrogen-bond donors (Lipinski definition) is 1. The molecule has 1 N–H and O–H groups in total. The van der Waals surface area contributed by atoms with Gasteiger partial charge in [0.15, 0.2) is 0 Å². The van der Waals surface area contributed by atoms with E-state index in [1.54, 1.807) is 24.3 Å². The highest BCUT2D eigenvalue weighted by atomic mass is 19.4. The SMILES string of the molecule is CCCN(CCC)c1ccc(C(F)(F)F)cc1NC(=O)c1ccc(C)cc1. The van der Waals surface area contributed by atoms with Gasteiger partial charge in [0.25, 0.3) is 5.91 Å². The first kappa shape index (κ1) is 20.8. The molecule has 0 aromatic heterocycles. The maximum absolute atomic E-state index is 13.2. The number of alkyl halides is 3. The molecule has 27 heavy (non-hydrogen) atoms. The highest BCUT2D eigenvalue weighted by Crippen LogP contribution is 2.36. The molecular weight excluding hydrogens is 353 g/mol. The Morgan fingerprint density at radius 1 is 1.00 bits per heavy atom. The summed E-state index contributed by atoms with van der Waals surface area (Å²) in [5, 5.41) is 2.68. The first-order chi connectivity index (χ1) is 12.8. The molecule has 0 aliphatic heterocycles. The molecule has 0 spiro atoms. The van der Waals surface area contributed by atoms with Crippen molar-refractivity contribution in [3.05, 3.63) is 59.2 Å². The van der Waals surface area contributed by atoms with Crippen molar-refractivity contribution < 1.29 is 18.0 Å². The number of benzene rings is 2. The highest BCUT2D eigenvalue weighted by Gasteiger charge is 2.31. The van der Waals surface area contributed by atoms with Crippen LogP contribution in [0.4, 0.5) is 24.5 Å². The van der Waals surface area contributed by atoms with Gasteiger partial charge in [0, 0.05) is 18.7 Å². The molecule has 3 nitrogen and oxygen atoms in total. The van der Waals surface area contributed by atoms with Crippen molar-refractivity contribution in [3.63, 3.8) is 0 Å². The van der Waals surface area contributed by atoms with Gasteiger partial charge in [-0.2, -0.15) is 13.2 Å². The zero-order chi connectivity index (χ0) is 20.0. The van der Waals surface area contributed by atoms with Crippen molar-refractivity contribution in [2.24, 2.45) is 0 Å². The number of rotatable bonds is 7. The van der Waals surface area contributed by atoms with Crippen LogP contribution in [0.2, 0.25) is 0 Å². The fourth-order valence-corrected chi connectivity index (χ4v) is 2.88. The van der Waals surface area contributed by atoms with Crippen molar-refractivity contribution in [1.82, 2.24) is 0 Å². The van der Waals surface area contributed by atoms with E-state index in [1.807, 2.05) is 25.7 Å². The Bertz CT molecular complexity index is 764. The quantitative estimate of drug-likeness (QED) is 0.651. The van der Waals surface area contributed by atoms with Crippen molar-refractivity contribution in [3.8, 4) is 0 Å². The first-order valence-corrected chi connectivity index (χ1v) is 9.10. The van der Waals surface area contributed by atoms with E-state index in [-0.39, 0.29) is 5.69 Å². The Morgan fingerprint density at radius 3 is 2.11 bits per heavy atom. The van der Waals surface area contributed by atoms with Gasteiger partial charge in [0.1, 0.15) is 0 Å². The van der Waals surface area contributed by atoms with Crippen LogP contribution < -0.4 is 10.2 Å². The third-order valence-electron chi connectivity index (χ3n) is 4.21. The molecule has 2 aromatic carbocycles. The van der Waals surface area contributed by atoms with Gasteiger partial charge in [0.05, 0.1) is 16.9 Å². The van der Waals surface area contributed by atoms with Crippen LogP contribution in [0.15, 0.2) is 42.5 Å². The molecule has 2 aromatic rings. The third kappa shape index (κ3) is 5.49. The zero-order valence-electron chi connectivity index (χ0n) is 15.9. The van der Waals surface area contributed by atoms with Gasteiger partial charge < -0.3 is 10.2 Å². The lowest BCUT2D eigenvalue weighted by molar-refractivity contribution is -0.137. The monoisotopic (exact) mass is 378 g/mol. The lowest BCUT2D eigenvalue weighted by Gasteiger charge is -2.27. The number of anilines is 2. The van der Waals surface area contributed by atoms with Crippen LogP contribution in [0.5, 0.6) is 0 Å². The Kier molecular flexibility index (Phi) is 6.88. The normalized spacial score (nSPS) is 11.3. The van der Waals surface area contributed by atoms with Crippen molar-refractivity contribution in [1.29, 1.82) is 0 Å². The van der Waals surface area contributed by atoms with E-state index in [1.165, 1.54) is 6.07 Å². The van der Waals surface area contributed by atoms with Gasteiger partial charge >= 0.3 is 6.18 Å². The number of amides is 1. The fourth-order valence-electron chi connectivity index (χ4n) is 2.88. The summed E-state index contributed by atoms with van der Waals surface area (Å²) in [6.07, 6.45) is -2.76. The van der Waals surface area contributed by atoms with Gasteiger partial charge in [-0.15, -0.1) is 0 Å². The standard InChI is InChI=1S/C21H25F3N2O/c1-4-12-26(13-5-2)19-11-10-17(21(22,23)24)14-18(19)25-20(27)16-8-6-15(3)7-9-16/h6-11,14H,4-5,12-13H2,1-3H3,(H,25,27). The van der Waals surface area contributed by atoms with Gasteiger partial charge in [-0.05, 0) is 50.1 Å². The molecule has 0 atom stereocenters. The van der Waals surface area contributed by atoms with Crippen LogP contribution in [0.1, 0.15) is 48.2 Å². The number of halogens is 3. The number of nitrogens with one attached hydrogen (secondary N) is 1. The molecule has 0 fully saturated rings. The molecule has 0 aliphatic carbocycles. The fraction of sp³-hybridized carbons (Fsp3) is 0.381. The van der Waals surface area contributed by atoms with Crippen LogP contribution in [0.3, 0.4) is 0 Å². The Balaban J connectivity index is 2.42. The number of nitrogens with zero attached hydrogens (tertiary/aromatic N) is 1. The van der Waals surface area contributed by atoms with Gasteiger partial charge in [0.2, 0.25) is 0 Å². The molecule has 6 heteroatoms. The summed E-state index contributed by atoms with van der Waals surface area (Å²) in [5.41, 5.74) is 1.41. The highest BCUT2D eigenvalue weighted by molar-refractivity contribution is 6.06. The van der Waals surface area contributed by atoms with Crippen molar-refractivity contribution >= 4 is 17.3 Å². The molecule has 0 heterocycles. The van der Waals surface area contributed by atoms with Crippen LogP contribution in [-0.2, 0) is 6.18 Å². The molecule has 0 aliphatic rings. The minimum Gasteiger partial charge on any atom is -0.370 e. The smallest absolute Gasteiger partial charge is 0.370 e. The summed E-state index contributed by atoms with van der Waals surface area (Å²) < 4.78 is 39.5. The van der Waals surface area contributed by atoms with E-state index >= 15 is 0 Å². The minimum absolute atomic E-state index is 0.178. The second-order valence-corrected chi connectivity index (χ2v) is 6.54. The average Bonchev–Trinajstić information content (AvgIpc) is 2.61. The molecule has 0 unspecified atom stereocenters. The maximum Gasteiger partial charge on any atom is 0.416 e. The van der Waals surface area contributed by atoms with Crippen LogP contribution in [0, 0.1) is 6.92 Å². The van der Waals surface area contributed by atoms with Gasteiger partial charge in [-0.1, -0.05) is 31.5 Å². The Morgan fingerprint density at radius 2 is 1.59 bits per heavy atom. The summed E-state index contributed by atoms with van der Waals surface area (Å²) in [5.74, 6) is -0.427. The Labute approximate surface area is 158 Å². The second-order valence-electron chi connectivity index (χ2n) is 6.54. The van der Waals surface area contributed by atoms with E-state index in [9.17, 15) is 18.0 Å². The number of hydrogen-bond acceptors (Lipinski definition) is 2. The van der Waals surface area contributed by atoms with Crippen LogP contribution >= 0.6 is 0 Å². The summed E-state index contributed by atoms with van der Waals surface area (Å²) in [6, 6.07) is 10.4. The topological polar surface area (TPSA) is 32.3 Å². The van der Waals surface area contributed by atoms with Gasteiger partial charge in [-0.3, -0.25) is 4.79 Å². The third-order valence-corrected chi connectivity index (χ3v) is 4.21. The molecule has 1 amide bonds. The summed E-state index contributed by atoms with van der Waals surface area (Å²) >= 11 is 0. The van der Waals surface area contributed by atoms with E-state index in [0.717, 1.165) is 30.5 Å².